The number of aromatic nitrogens is 3. The molecule has 0 radical (unpaired) electrons. The number of hydrogen-bond donors (Lipinski definition) is 0. The topological polar surface area (TPSA) is 72.1 Å². The van der Waals surface area contributed by atoms with E-state index in [4.69, 9.17) is 4.52 Å². The second kappa shape index (κ2) is 6.56. The van der Waals surface area contributed by atoms with Crippen molar-refractivity contribution >= 4 is 17.2 Å². The van der Waals surface area contributed by atoms with Crippen LogP contribution in [-0.4, -0.2) is 39.0 Å². The number of amides is 1. The third-order valence-corrected chi connectivity index (χ3v) is 6.83. The molecule has 1 saturated heterocycles. The van der Waals surface area contributed by atoms with Gasteiger partial charge < -0.3 is 9.42 Å². The van der Waals surface area contributed by atoms with E-state index in [9.17, 15) is 4.79 Å². The summed E-state index contributed by atoms with van der Waals surface area (Å²) in [6.45, 7) is 1.31. The van der Waals surface area contributed by atoms with Crippen LogP contribution in [-0.2, 0) is 10.2 Å². The van der Waals surface area contributed by atoms with Crippen molar-refractivity contribution in [3.63, 3.8) is 0 Å². The third-order valence-electron chi connectivity index (χ3n) is 5.76. The van der Waals surface area contributed by atoms with Crippen LogP contribution in [0.5, 0.6) is 0 Å². The minimum atomic E-state index is -0.309. The van der Waals surface area contributed by atoms with Crippen LogP contribution < -0.4 is 0 Å². The molecule has 4 heterocycles. The summed E-state index contributed by atoms with van der Waals surface area (Å²) in [7, 11) is 0. The first kappa shape index (κ1) is 16.6. The zero-order valence-corrected chi connectivity index (χ0v) is 15.7. The SMILES string of the molecule is O=C(N1CC(c2nc(-c3ccncc3)no2)C1)C1(c2cccs2)CCCC1. The van der Waals surface area contributed by atoms with Crippen molar-refractivity contribution in [3.05, 3.63) is 52.8 Å². The van der Waals surface area contributed by atoms with Gasteiger partial charge in [-0.3, -0.25) is 9.78 Å². The molecule has 6 nitrogen and oxygen atoms in total. The lowest BCUT2D eigenvalue weighted by Gasteiger charge is -2.42. The summed E-state index contributed by atoms with van der Waals surface area (Å²) in [6, 6.07) is 7.88. The maximum absolute atomic E-state index is 13.3. The molecule has 3 aromatic heterocycles. The molecule has 1 amide bonds. The van der Waals surface area contributed by atoms with Gasteiger partial charge in [-0.2, -0.15) is 4.98 Å². The van der Waals surface area contributed by atoms with E-state index in [0.717, 1.165) is 31.2 Å². The van der Waals surface area contributed by atoms with Gasteiger partial charge >= 0.3 is 0 Å². The number of pyridine rings is 1. The fraction of sp³-hybridized carbons (Fsp3) is 0.400. The minimum absolute atomic E-state index is 0.124. The zero-order chi connectivity index (χ0) is 18.3. The number of rotatable bonds is 4. The van der Waals surface area contributed by atoms with Crippen LogP contribution in [0.2, 0.25) is 0 Å². The first-order chi connectivity index (χ1) is 13.3. The monoisotopic (exact) mass is 380 g/mol. The molecule has 5 rings (SSSR count). The van der Waals surface area contributed by atoms with Crippen molar-refractivity contribution in [2.24, 2.45) is 0 Å². The Kier molecular flexibility index (Phi) is 4.04. The van der Waals surface area contributed by atoms with Crippen LogP contribution in [0.3, 0.4) is 0 Å². The van der Waals surface area contributed by atoms with E-state index in [1.807, 2.05) is 23.1 Å². The van der Waals surface area contributed by atoms with Gasteiger partial charge in [0, 0.05) is 35.9 Å². The highest BCUT2D eigenvalue weighted by Crippen LogP contribution is 2.46. The molecule has 1 aliphatic heterocycles. The number of thiophene rings is 1. The Morgan fingerprint density at radius 3 is 2.67 bits per heavy atom. The predicted molar refractivity (Wildman–Crippen MR) is 101 cm³/mol. The maximum atomic E-state index is 13.3. The van der Waals surface area contributed by atoms with Crippen LogP contribution in [0.1, 0.15) is 42.4 Å². The largest absolute Gasteiger partial charge is 0.340 e. The molecule has 0 atom stereocenters. The molecule has 138 valence electrons. The van der Waals surface area contributed by atoms with E-state index in [0.29, 0.717) is 24.8 Å². The lowest BCUT2D eigenvalue weighted by Crippen LogP contribution is -2.55. The van der Waals surface area contributed by atoms with E-state index in [2.05, 4.69) is 26.6 Å². The van der Waals surface area contributed by atoms with Crippen LogP contribution in [0.4, 0.5) is 0 Å². The van der Waals surface area contributed by atoms with Gasteiger partial charge in [0.25, 0.3) is 0 Å². The summed E-state index contributed by atoms with van der Waals surface area (Å²) in [6.07, 6.45) is 7.59. The second-order valence-electron chi connectivity index (χ2n) is 7.37. The van der Waals surface area contributed by atoms with Crippen LogP contribution in [0, 0.1) is 0 Å². The lowest BCUT2D eigenvalue weighted by atomic mass is 9.81. The van der Waals surface area contributed by atoms with Gasteiger partial charge in [0.2, 0.25) is 17.6 Å². The minimum Gasteiger partial charge on any atom is -0.340 e. The van der Waals surface area contributed by atoms with Gasteiger partial charge in [-0.1, -0.05) is 24.1 Å². The Bertz CT molecular complexity index is 926. The summed E-state index contributed by atoms with van der Waals surface area (Å²) < 4.78 is 5.46. The summed E-state index contributed by atoms with van der Waals surface area (Å²) in [5, 5.41) is 6.15. The normalized spacial score (nSPS) is 19.2. The fourth-order valence-corrected chi connectivity index (χ4v) is 5.20. The molecule has 0 bridgehead atoms. The van der Waals surface area contributed by atoms with E-state index in [-0.39, 0.29) is 17.2 Å². The van der Waals surface area contributed by atoms with Crippen molar-refractivity contribution in [2.75, 3.05) is 13.1 Å². The van der Waals surface area contributed by atoms with E-state index >= 15 is 0 Å². The molecule has 2 aliphatic rings. The van der Waals surface area contributed by atoms with Crippen molar-refractivity contribution in [3.8, 4) is 11.4 Å². The standard InChI is InChI=1S/C20H20N4O2S/c25-19(20(7-1-2-8-20)16-4-3-11-27-16)24-12-15(13-24)18-22-17(23-26-18)14-5-9-21-10-6-14/h3-6,9-11,15H,1-2,7-8,12-13H2. The van der Waals surface area contributed by atoms with Crippen LogP contribution in [0.25, 0.3) is 11.4 Å². The molecule has 27 heavy (non-hydrogen) atoms. The fourth-order valence-electron chi connectivity index (χ4n) is 4.22. The first-order valence-corrected chi connectivity index (χ1v) is 10.2. The lowest BCUT2D eigenvalue weighted by molar-refractivity contribution is -0.142. The van der Waals surface area contributed by atoms with Gasteiger partial charge in [0.15, 0.2) is 0 Å². The molecule has 0 unspecified atom stereocenters. The highest BCUT2D eigenvalue weighted by molar-refractivity contribution is 7.10. The van der Waals surface area contributed by atoms with E-state index in [1.54, 1.807) is 23.7 Å². The molecule has 7 heteroatoms. The average Bonchev–Trinajstić information content (AvgIpc) is 3.41. The maximum Gasteiger partial charge on any atom is 0.234 e. The van der Waals surface area contributed by atoms with Gasteiger partial charge in [-0.05, 0) is 36.4 Å². The predicted octanol–water partition coefficient (Wildman–Crippen LogP) is 3.63. The Morgan fingerprint density at radius 2 is 1.96 bits per heavy atom. The average molecular weight is 380 g/mol. The van der Waals surface area contributed by atoms with Crippen molar-refractivity contribution < 1.29 is 9.32 Å². The summed E-state index contributed by atoms with van der Waals surface area (Å²) in [4.78, 5) is 25.0. The molecule has 1 saturated carbocycles. The number of carbonyl (C=O) groups is 1. The third kappa shape index (κ3) is 2.77. The first-order valence-electron chi connectivity index (χ1n) is 9.34. The highest BCUT2D eigenvalue weighted by atomic mass is 32.1. The zero-order valence-electron chi connectivity index (χ0n) is 14.9. The Morgan fingerprint density at radius 1 is 1.19 bits per heavy atom. The Hall–Kier alpha value is -2.54. The van der Waals surface area contributed by atoms with Crippen molar-refractivity contribution in [1.82, 2.24) is 20.0 Å². The molecule has 0 aromatic carbocycles. The number of nitrogens with zero attached hydrogens (tertiary/aromatic N) is 4. The molecule has 0 spiro atoms. The van der Waals surface area contributed by atoms with Crippen molar-refractivity contribution in [1.29, 1.82) is 0 Å². The second-order valence-corrected chi connectivity index (χ2v) is 8.31. The van der Waals surface area contributed by atoms with E-state index in [1.165, 1.54) is 4.88 Å². The molecule has 0 N–H and O–H groups in total. The molecule has 2 fully saturated rings. The van der Waals surface area contributed by atoms with Crippen LogP contribution >= 0.6 is 11.3 Å². The van der Waals surface area contributed by atoms with Gasteiger partial charge in [0.05, 0.1) is 11.3 Å². The quantitative estimate of drug-likeness (QED) is 0.691. The number of likely N-dealkylation sites (tertiary alicyclic amines) is 1. The molecular weight excluding hydrogens is 360 g/mol. The number of hydrogen-bond acceptors (Lipinski definition) is 6. The van der Waals surface area contributed by atoms with Gasteiger partial charge in [-0.25, -0.2) is 0 Å². The van der Waals surface area contributed by atoms with Gasteiger partial charge in [-0.15, -0.1) is 11.3 Å². The molecule has 3 aromatic rings. The number of carbonyl (C=O) groups excluding carboxylic acids is 1. The smallest absolute Gasteiger partial charge is 0.234 e. The molecular formula is C20H20N4O2S. The summed E-state index contributed by atoms with van der Waals surface area (Å²) in [5.41, 5.74) is 0.575. The Labute approximate surface area is 161 Å². The Balaban J connectivity index is 1.29. The summed E-state index contributed by atoms with van der Waals surface area (Å²) >= 11 is 1.70. The van der Waals surface area contributed by atoms with Crippen molar-refractivity contribution in [2.45, 2.75) is 37.0 Å². The van der Waals surface area contributed by atoms with Gasteiger partial charge in [0.1, 0.15) is 0 Å². The molecule has 1 aliphatic carbocycles. The summed E-state index contributed by atoms with van der Waals surface area (Å²) in [5.74, 6) is 1.58. The van der Waals surface area contributed by atoms with Crippen LogP contribution in [0.15, 0.2) is 46.6 Å². The van der Waals surface area contributed by atoms with E-state index < -0.39 is 0 Å². The highest BCUT2D eigenvalue weighted by Gasteiger charge is 2.49.